The molecular formula is C18H22FN3OS. The predicted octanol–water partition coefficient (Wildman–Crippen LogP) is 3.47. The van der Waals surface area contributed by atoms with Gasteiger partial charge in [-0.1, -0.05) is 6.92 Å². The fraction of sp³-hybridized carbons (Fsp3) is 0.444. The molecule has 2 heterocycles. The van der Waals surface area contributed by atoms with Gasteiger partial charge in [0.15, 0.2) is 0 Å². The number of nitrogens with zero attached hydrogens (tertiary/aromatic N) is 2. The Morgan fingerprint density at radius 3 is 2.88 bits per heavy atom. The van der Waals surface area contributed by atoms with E-state index in [9.17, 15) is 9.18 Å². The molecule has 0 spiro atoms. The molecule has 24 heavy (non-hydrogen) atoms. The van der Waals surface area contributed by atoms with Gasteiger partial charge in [0.2, 0.25) is 0 Å². The molecule has 0 unspecified atom stereocenters. The van der Waals surface area contributed by atoms with Crippen LogP contribution in [0, 0.1) is 12.7 Å². The van der Waals surface area contributed by atoms with E-state index >= 15 is 0 Å². The number of likely N-dealkylation sites (N-methyl/N-ethyl adjacent to an activating group) is 1. The fourth-order valence-corrected chi connectivity index (χ4v) is 4.14. The Morgan fingerprint density at radius 2 is 2.17 bits per heavy atom. The first-order chi connectivity index (χ1) is 11.6. The lowest BCUT2D eigenvalue weighted by Crippen LogP contribution is -2.39. The summed E-state index contributed by atoms with van der Waals surface area (Å²) in [6, 6.07) is 6.62. The van der Waals surface area contributed by atoms with E-state index in [2.05, 4.69) is 22.1 Å². The predicted molar refractivity (Wildman–Crippen MR) is 94.8 cm³/mol. The molecule has 0 radical (unpaired) electrons. The number of amides is 1. The average molecular weight is 347 g/mol. The number of hydrogen-bond donors (Lipinski definition) is 1. The van der Waals surface area contributed by atoms with Gasteiger partial charge in [-0.15, -0.1) is 11.3 Å². The fourth-order valence-electron chi connectivity index (χ4n) is 3.16. The first-order valence-corrected chi connectivity index (χ1v) is 9.15. The van der Waals surface area contributed by atoms with Crippen molar-refractivity contribution in [1.29, 1.82) is 0 Å². The smallest absolute Gasteiger partial charge is 0.263 e. The number of rotatable bonds is 5. The average Bonchev–Trinajstić information content (AvgIpc) is 3.19. The van der Waals surface area contributed by atoms with Gasteiger partial charge < -0.3 is 5.32 Å². The molecule has 0 saturated carbocycles. The van der Waals surface area contributed by atoms with Gasteiger partial charge in [0, 0.05) is 18.2 Å². The second-order valence-electron chi connectivity index (χ2n) is 6.08. The lowest BCUT2D eigenvalue weighted by atomic mass is 10.2. The second kappa shape index (κ2) is 7.40. The molecule has 1 aliphatic heterocycles. The molecule has 1 aliphatic rings. The van der Waals surface area contributed by atoms with Crippen molar-refractivity contribution in [1.82, 2.24) is 15.2 Å². The van der Waals surface area contributed by atoms with E-state index in [1.165, 1.54) is 29.9 Å². The van der Waals surface area contributed by atoms with Crippen molar-refractivity contribution in [2.45, 2.75) is 32.7 Å². The SMILES string of the molecule is CCN1CCC[C@@H]1CNC(=O)c1sc(-c2ccc(F)cc2)nc1C. The minimum atomic E-state index is -0.276. The first-order valence-electron chi connectivity index (χ1n) is 8.34. The Morgan fingerprint density at radius 1 is 1.42 bits per heavy atom. The van der Waals surface area contributed by atoms with E-state index < -0.39 is 0 Å². The van der Waals surface area contributed by atoms with Gasteiger partial charge in [-0.05, 0) is 57.1 Å². The molecule has 1 aromatic heterocycles. The molecule has 1 atom stereocenters. The summed E-state index contributed by atoms with van der Waals surface area (Å²) in [7, 11) is 0. The lowest BCUT2D eigenvalue weighted by molar-refractivity contribution is 0.0944. The molecule has 3 rings (SSSR count). The highest BCUT2D eigenvalue weighted by Gasteiger charge is 2.24. The summed E-state index contributed by atoms with van der Waals surface area (Å²) in [6.45, 7) is 6.81. The summed E-state index contributed by atoms with van der Waals surface area (Å²) in [5.41, 5.74) is 1.55. The van der Waals surface area contributed by atoms with Crippen molar-refractivity contribution < 1.29 is 9.18 Å². The van der Waals surface area contributed by atoms with Gasteiger partial charge in [-0.25, -0.2) is 9.37 Å². The number of thiazole rings is 1. The van der Waals surface area contributed by atoms with Crippen LogP contribution in [-0.2, 0) is 0 Å². The molecule has 1 saturated heterocycles. The minimum Gasteiger partial charge on any atom is -0.350 e. The third-order valence-electron chi connectivity index (χ3n) is 4.50. The van der Waals surface area contributed by atoms with E-state index in [1.807, 2.05) is 6.92 Å². The maximum Gasteiger partial charge on any atom is 0.263 e. The molecule has 0 bridgehead atoms. The topological polar surface area (TPSA) is 45.2 Å². The zero-order chi connectivity index (χ0) is 17.1. The zero-order valence-corrected chi connectivity index (χ0v) is 14.8. The van der Waals surface area contributed by atoms with Crippen molar-refractivity contribution in [2.75, 3.05) is 19.6 Å². The highest BCUT2D eigenvalue weighted by Crippen LogP contribution is 2.28. The van der Waals surface area contributed by atoms with Crippen molar-refractivity contribution in [2.24, 2.45) is 0 Å². The van der Waals surface area contributed by atoms with Crippen LogP contribution in [0.25, 0.3) is 10.6 Å². The Balaban J connectivity index is 1.68. The van der Waals surface area contributed by atoms with Crippen LogP contribution in [0.2, 0.25) is 0 Å². The van der Waals surface area contributed by atoms with Gasteiger partial charge >= 0.3 is 0 Å². The molecule has 1 N–H and O–H groups in total. The van der Waals surface area contributed by atoms with E-state index in [-0.39, 0.29) is 11.7 Å². The summed E-state index contributed by atoms with van der Waals surface area (Å²) in [5, 5.41) is 3.79. The molecule has 1 aromatic carbocycles. The maximum atomic E-state index is 13.0. The highest BCUT2D eigenvalue weighted by molar-refractivity contribution is 7.17. The van der Waals surface area contributed by atoms with Crippen LogP contribution in [0.1, 0.15) is 35.1 Å². The normalized spacial score (nSPS) is 18.0. The largest absolute Gasteiger partial charge is 0.350 e. The van der Waals surface area contributed by atoms with Gasteiger partial charge in [-0.3, -0.25) is 9.69 Å². The molecular weight excluding hydrogens is 325 g/mol. The van der Waals surface area contributed by atoms with Crippen molar-refractivity contribution in [3.05, 3.63) is 40.7 Å². The molecule has 1 amide bonds. The number of aromatic nitrogens is 1. The molecule has 6 heteroatoms. The van der Waals surface area contributed by atoms with E-state index in [0.29, 0.717) is 17.5 Å². The molecule has 1 fully saturated rings. The van der Waals surface area contributed by atoms with Crippen molar-refractivity contribution in [3.8, 4) is 10.6 Å². The van der Waals surface area contributed by atoms with Gasteiger partial charge in [0.05, 0.1) is 5.69 Å². The molecule has 2 aromatic rings. The van der Waals surface area contributed by atoms with Crippen LogP contribution in [0.5, 0.6) is 0 Å². The summed E-state index contributed by atoms with van der Waals surface area (Å²) in [5.74, 6) is -0.344. The number of halogens is 1. The third kappa shape index (κ3) is 3.65. The van der Waals surface area contributed by atoms with Crippen LogP contribution >= 0.6 is 11.3 Å². The van der Waals surface area contributed by atoms with Crippen LogP contribution in [0.3, 0.4) is 0 Å². The van der Waals surface area contributed by atoms with E-state index in [4.69, 9.17) is 0 Å². The maximum absolute atomic E-state index is 13.0. The third-order valence-corrected chi connectivity index (χ3v) is 5.70. The lowest BCUT2D eigenvalue weighted by Gasteiger charge is -2.22. The quantitative estimate of drug-likeness (QED) is 0.901. The number of hydrogen-bond acceptors (Lipinski definition) is 4. The van der Waals surface area contributed by atoms with E-state index in [1.54, 1.807) is 12.1 Å². The van der Waals surface area contributed by atoms with Gasteiger partial charge in [0.1, 0.15) is 15.7 Å². The molecule has 4 nitrogen and oxygen atoms in total. The number of aryl methyl sites for hydroxylation is 1. The number of carbonyl (C=O) groups excluding carboxylic acids is 1. The second-order valence-corrected chi connectivity index (χ2v) is 7.07. The van der Waals surface area contributed by atoms with Crippen molar-refractivity contribution >= 4 is 17.2 Å². The van der Waals surface area contributed by atoms with Gasteiger partial charge in [-0.2, -0.15) is 0 Å². The van der Waals surface area contributed by atoms with Crippen molar-refractivity contribution in [3.63, 3.8) is 0 Å². The van der Waals surface area contributed by atoms with Crippen LogP contribution in [0.4, 0.5) is 4.39 Å². The Bertz CT molecular complexity index is 714. The molecule has 128 valence electrons. The summed E-state index contributed by atoms with van der Waals surface area (Å²) in [6.07, 6.45) is 2.33. The minimum absolute atomic E-state index is 0.0682. The van der Waals surface area contributed by atoms with Crippen LogP contribution < -0.4 is 5.32 Å². The standard InChI is InChI=1S/C18H22FN3OS/c1-3-22-10-4-5-15(22)11-20-17(23)16-12(2)21-18(24-16)13-6-8-14(19)9-7-13/h6-9,15H,3-5,10-11H2,1-2H3,(H,20,23)/t15-/m1/s1. The zero-order valence-electron chi connectivity index (χ0n) is 14.0. The number of benzene rings is 1. The Labute approximate surface area is 145 Å². The monoisotopic (exact) mass is 347 g/mol. The number of carbonyl (C=O) groups is 1. The first kappa shape index (κ1) is 17.0. The molecule has 0 aliphatic carbocycles. The van der Waals surface area contributed by atoms with Crippen LogP contribution in [0.15, 0.2) is 24.3 Å². The highest BCUT2D eigenvalue weighted by atomic mass is 32.1. The summed E-state index contributed by atoms with van der Waals surface area (Å²) in [4.78, 5) is 20.0. The Kier molecular flexibility index (Phi) is 5.26. The number of likely N-dealkylation sites (tertiary alicyclic amines) is 1. The summed E-state index contributed by atoms with van der Waals surface area (Å²) >= 11 is 1.36. The van der Waals surface area contributed by atoms with Crippen LogP contribution in [-0.4, -0.2) is 41.5 Å². The van der Waals surface area contributed by atoms with Gasteiger partial charge in [0.25, 0.3) is 5.91 Å². The van der Waals surface area contributed by atoms with E-state index in [0.717, 1.165) is 35.8 Å². The Hall–Kier alpha value is -1.79. The number of nitrogens with one attached hydrogen (secondary N) is 1. The summed E-state index contributed by atoms with van der Waals surface area (Å²) < 4.78 is 13.0.